The number of nitrogens with zero attached hydrogens (tertiary/aromatic N) is 5. The maximum atomic E-state index is 15.3. The highest BCUT2D eigenvalue weighted by atomic mass is 19.1. The molecule has 12 nitrogen and oxygen atoms in total. The van der Waals surface area contributed by atoms with Crippen molar-refractivity contribution in [1.82, 2.24) is 15.0 Å². The first-order valence-electron chi connectivity index (χ1n) is 18.1. The molecule has 2 saturated heterocycles. The standard InChI is InChI=1S/C28H28F2N6O2.C12H13F2NO3/c1-18-25(22-4-2-3-7-31-22)34-27-21(30)6-5-20(29)24(27)26(18)33-23-16-19(35-8-12-37-13-9-35)17-32-28(23)36-10-14-38-15-11-36;1-3-18-12(17)7(2)11(16)15-10-6-8(13)4-5-9(10)14/h2-7,16-17H,8-15H2,1H3,(H,33,34);4-7H,3H2,1-2H3,(H,15,16). The lowest BCUT2D eigenvalue weighted by atomic mass is 10.0. The molecule has 2 aromatic carbocycles. The number of morpholine rings is 2. The van der Waals surface area contributed by atoms with E-state index in [2.05, 4.69) is 35.1 Å². The number of amides is 1. The highest BCUT2D eigenvalue weighted by Crippen LogP contribution is 2.40. The smallest absolute Gasteiger partial charge is 0.318 e. The summed E-state index contributed by atoms with van der Waals surface area (Å²) < 4.78 is 72.2. The Labute approximate surface area is 320 Å². The van der Waals surface area contributed by atoms with E-state index in [1.807, 2.05) is 31.3 Å². The summed E-state index contributed by atoms with van der Waals surface area (Å²) in [5, 5.41) is 5.69. The van der Waals surface area contributed by atoms with E-state index < -0.39 is 41.1 Å². The minimum atomic E-state index is -1.09. The van der Waals surface area contributed by atoms with Gasteiger partial charge in [0.05, 0.1) is 78.8 Å². The molecule has 0 saturated carbocycles. The Morgan fingerprint density at radius 2 is 1.54 bits per heavy atom. The van der Waals surface area contributed by atoms with Crippen LogP contribution in [-0.4, -0.2) is 86.0 Å². The average molecular weight is 776 g/mol. The zero-order chi connectivity index (χ0) is 39.8. The SMILES string of the molecule is CCOC(=O)C(C)C(=O)Nc1cc(F)ccc1F.Cc1c(-c2ccccn2)nc2c(F)ccc(F)c2c1Nc1cc(N2CCOCC2)cnc1N1CCOCC1. The Kier molecular flexibility index (Phi) is 12.9. The van der Waals surface area contributed by atoms with Gasteiger partial charge in [0, 0.05) is 44.0 Å². The molecule has 0 radical (unpaired) electrons. The average Bonchev–Trinajstić information content (AvgIpc) is 3.22. The van der Waals surface area contributed by atoms with Gasteiger partial charge in [-0.05, 0) is 63.2 Å². The van der Waals surface area contributed by atoms with Gasteiger partial charge in [0.25, 0.3) is 0 Å². The molecule has 5 aromatic rings. The molecule has 1 atom stereocenters. The van der Waals surface area contributed by atoms with Gasteiger partial charge in [-0.1, -0.05) is 6.07 Å². The first-order valence-corrected chi connectivity index (χ1v) is 18.1. The summed E-state index contributed by atoms with van der Waals surface area (Å²) in [7, 11) is 0. The Morgan fingerprint density at radius 3 is 2.21 bits per heavy atom. The number of ether oxygens (including phenoxy) is 3. The molecule has 0 spiro atoms. The van der Waals surface area contributed by atoms with Crippen molar-refractivity contribution in [2.75, 3.05) is 79.6 Å². The molecule has 2 aliphatic rings. The molecule has 2 aliphatic heterocycles. The highest BCUT2D eigenvalue weighted by molar-refractivity contribution is 6.04. The van der Waals surface area contributed by atoms with E-state index in [1.54, 1.807) is 19.2 Å². The monoisotopic (exact) mass is 775 g/mol. The van der Waals surface area contributed by atoms with Crippen LogP contribution in [0.25, 0.3) is 22.3 Å². The molecule has 5 heterocycles. The number of fused-ring (bicyclic) bond motifs is 1. The third kappa shape index (κ3) is 9.14. The van der Waals surface area contributed by atoms with Gasteiger partial charge in [-0.15, -0.1) is 0 Å². The van der Waals surface area contributed by atoms with Crippen LogP contribution in [0.15, 0.2) is 67.0 Å². The van der Waals surface area contributed by atoms with Crippen LogP contribution in [0.2, 0.25) is 0 Å². The molecule has 7 rings (SSSR count). The Hall–Kier alpha value is -5.87. The number of esters is 1. The molecule has 0 bridgehead atoms. The molecule has 1 unspecified atom stereocenters. The van der Waals surface area contributed by atoms with E-state index >= 15 is 8.78 Å². The van der Waals surface area contributed by atoms with Gasteiger partial charge < -0.3 is 34.6 Å². The largest absolute Gasteiger partial charge is 0.465 e. The number of pyridine rings is 3. The highest BCUT2D eigenvalue weighted by Gasteiger charge is 2.25. The van der Waals surface area contributed by atoms with Gasteiger partial charge in [-0.3, -0.25) is 14.6 Å². The molecular formula is C40H41F4N7O5. The molecule has 2 fully saturated rings. The van der Waals surface area contributed by atoms with E-state index in [-0.39, 0.29) is 23.2 Å². The zero-order valence-electron chi connectivity index (χ0n) is 31.1. The first kappa shape index (κ1) is 39.8. The van der Waals surface area contributed by atoms with Crippen LogP contribution in [0.4, 0.5) is 46.1 Å². The summed E-state index contributed by atoms with van der Waals surface area (Å²) >= 11 is 0. The van der Waals surface area contributed by atoms with Crippen molar-refractivity contribution >= 4 is 51.3 Å². The number of carbonyl (C=O) groups excluding carboxylic acids is 2. The summed E-state index contributed by atoms with van der Waals surface area (Å²) in [6.07, 6.45) is 3.51. The number of rotatable bonds is 9. The van der Waals surface area contributed by atoms with Crippen LogP contribution >= 0.6 is 0 Å². The summed E-state index contributed by atoms with van der Waals surface area (Å²) in [5.41, 5.74) is 3.42. The van der Waals surface area contributed by atoms with Crippen LogP contribution in [0.3, 0.4) is 0 Å². The number of hydrogen-bond donors (Lipinski definition) is 2. The number of aromatic nitrogens is 3. The fraction of sp³-hybridized carbons (Fsp3) is 0.325. The van der Waals surface area contributed by atoms with E-state index in [4.69, 9.17) is 14.5 Å². The second-order valence-electron chi connectivity index (χ2n) is 12.9. The van der Waals surface area contributed by atoms with Crippen molar-refractivity contribution in [1.29, 1.82) is 0 Å². The van der Waals surface area contributed by atoms with Gasteiger partial charge in [0.2, 0.25) is 5.91 Å². The number of halogens is 4. The van der Waals surface area contributed by atoms with Crippen molar-refractivity contribution in [3.05, 3.63) is 95.8 Å². The quantitative estimate of drug-likeness (QED) is 0.0932. The Morgan fingerprint density at radius 1 is 0.857 bits per heavy atom. The van der Waals surface area contributed by atoms with Gasteiger partial charge in [-0.2, -0.15) is 0 Å². The molecule has 56 heavy (non-hydrogen) atoms. The fourth-order valence-corrected chi connectivity index (χ4v) is 6.20. The maximum absolute atomic E-state index is 15.3. The normalized spacial score (nSPS) is 14.8. The predicted octanol–water partition coefficient (Wildman–Crippen LogP) is 6.80. The third-order valence-corrected chi connectivity index (χ3v) is 9.21. The Bertz CT molecular complexity index is 2180. The lowest BCUT2D eigenvalue weighted by Gasteiger charge is -2.32. The van der Waals surface area contributed by atoms with E-state index in [9.17, 15) is 18.4 Å². The van der Waals surface area contributed by atoms with Crippen molar-refractivity contribution in [3.63, 3.8) is 0 Å². The van der Waals surface area contributed by atoms with Gasteiger partial charge in [0.15, 0.2) is 5.82 Å². The van der Waals surface area contributed by atoms with Crippen molar-refractivity contribution in [2.24, 2.45) is 5.92 Å². The van der Waals surface area contributed by atoms with Gasteiger partial charge >= 0.3 is 5.97 Å². The van der Waals surface area contributed by atoms with Crippen LogP contribution in [0, 0.1) is 36.1 Å². The van der Waals surface area contributed by atoms with Crippen LogP contribution in [-0.2, 0) is 23.8 Å². The number of hydrogen-bond acceptors (Lipinski definition) is 11. The third-order valence-electron chi connectivity index (χ3n) is 9.21. The van der Waals surface area contributed by atoms with Gasteiger partial charge in [0.1, 0.15) is 34.7 Å². The van der Waals surface area contributed by atoms with Crippen LogP contribution in [0.5, 0.6) is 0 Å². The zero-order valence-corrected chi connectivity index (χ0v) is 31.1. The lowest BCUT2D eigenvalue weighted by Crippen LogP contribution is -2.38. The van der Waals surface area contributed by atoms with Crippen molar-refractivity contribution < 1.29 is 41.4 Å². The Balaban J connectivity index is 0.000000249. The molecule has 3 aromatic heterocycles. The summed E-state index contributed by atoms with van der Waals surface area (Å²) in [5.74, 6) is -4.45. The molecule has 16 heteroatoms. The van der Waals surface area contributed by atoms with Crippen LogP contribution in [0.1, 0.15) is 19.4 Å². The number of anilines is 5. The topological polar surface area (TPSA) is 131 Å². The summed E-state index contributed by atoms with van der Waals surface area (Å²) in [6, 6.07) is 12.4. The first-order chi connectivity index (χ1) is 27.0. The van der Waals surface area contributed by atoms with Crippen molar-refractivity contribution in [2.45, 2.75) is 20.8 Å². The second-order valence-corrected chi connectivity index (χ2v) is 12.9. The second kappa shape index (κ2) is 18.2. The molecule has 1 amide bonds. The maximum Gasteiger partial charge on any atom is 0.318 e. The van der Waals surface area contributed by atoms with E-state index in [0.29, 0.717) is 67.8 Å². The molecule has 294 valence electrons. The number of carbonyl (C=O) groups is 2. The minimum absolute atomic E-state index is 0.0519. The number of benzene rings is 2. The minimum Gasteiger partial charge on any atom is -0.465 e. The van der Waals surface area contributed by atoms with E-state index in [0.717, 1.165) is 54.9 Å². The van der Waals surface area contributed by atoms with Crippen LogP contribution < -0.4 is 20.4 Å². The lowest BCUT2D eigenvalue weighted by molar-refractivity contribution is -0.150. The summed E-state index contributed by atoms with van der Waals surface area (Å²) in [6.45, 7) is 10.2. The molecular weight excluding hydrogens is 734 g/mol. The van der Waals surface area contributed by atoms with E-state index in [1.165, 1.54) is 6.92 Å². The predicted molar refractivity (Wildman–Crippen MR) is 204 cm³/mol. The molecule has 0 aliphatic carbocycles. The summed E-state index contributed by atoms with van der Waals surface area (Å²) in [4.78, 5) is 41.0. The fourth-order valence-electron chi connectivity index (χ4n) is 6.20. The van der Waals surface area contributed by atoms with Gasteiger partial charge in [-0.25, -0.2) is 27.5 Å². The van der Waals surface area contributed by atoms with Crippen molar-refractivity contribution in [3.8, 4) is 11.4 Å². The number of nitrogens with one attached hydrogen (secondary N) is 2. The molecule has 2 N–H and O–H groups in total.